The highest BCUT2D eigenvalue weighted by molar-refractivity contribution is 7.86. The number of rotatable bonds is 9. The Kier molecular flexibility index (Phi) is 10.5. The third-order valence-corrected chi connectivity index (χ3v) is 19.0. The van der Waals surface area contributed by atoms with E-state index in [1.807, 2.05) is 18.2 Å². The smallest absolute Gasteiger partial charge is 0.172 e. The first kappa shape index (κ1) is 44.7. The first-order chi connectivity index (χ1) is 38.1. The van der Waals surface area contributed by atoms with Gasteiger partial charge >= 0.3 is 0 Å². The Bertz CT molecular complexity index is 4180. The summed E-state index contributed by atoms with van der Waals surface area (Å²) in [5, 5.41) is 9.68. The first-order valence-electron chi connectivity index (χ1n) is 26.3. The van der Waals surface area contributed by atoms with Gasteiger partial charge in [-0.25, -0.2) is 0 Å². The molecule has 3 aromatic heterocycles. The molecule has 0 aliphatic carbocycles. The zero-order chi connectivity index (χ0) is 51.0. The van der Waals surface area contributed by atoms with E-state index >= 15 is 4.57 Å². The van der Waals surface area contributed by atoms with Crippen LogP contribution in [0.3, 0.4) is 0 Å². The molecule has 0 bridgehead atoms. The Morgan fingerprint density at radius 2 is 0.403 bits per heavy atom. The molecule has 12 aromatic carbocycles. The number of hydrogen-bond donors (Lipinski definition) is 0. The summed E-state index contributed by atoms with van der Waals surface area (Å²) < 4.78 is 24.9. The summed E-state index contributed by atoms with van der Waals surface area (Å²) in [7, 11) is -3.78. The maximum atomic E-state index is 17.8. The maximum absolute atomic E-state index is 17.8. The van der Waals surface area contributed by atoms with Gasteiger partial charge in [0.1, 0.15) is 0 Å². The lowest BCUT2D eigenvalue weighted by molar-refractivity contribution is 0.592. The molecule has 0 saturated heterocycles. The summed E-state index contributed by atoms with van der Waals surface area (Å²) in [6.45, 7) is 0. The lowest BCUT2D eigenvalue weighted by atomic mass is 10.0. The molecule has 362 valence electrons. The van der Waals surface area contributed by atoms with Gasteiger partial charge in [0, 0.05) is 65.3 Å². The minimum absolute atomic E-state index is 0.785. The molecular weight excluding hydrogens is 954 g/mol. The van der Waals surface area contributed by atoms with E-state index < -0.39 is 7.14 Å². The lowest BCUT2D eigenvalue weighted by Crippen LogP contribution is -2.29. The van der Waals surface area contributed by atoms with E-state index in [1.54, 1.807) is 0 Å². The number of nitrogens with zero attached hydrogens (tertiary/aromatic N) is 3. The highest BCUT2D eigenvalue weighted by Crippen LogP contribution is 2.50. The molecule has 0 N–H and O–H groups in total. The number of para-hydroxylation sites is 6. The van der Waals surface area contributed by atoms with Gasteiger partial charge in [-0.2, -0.15) is 0 Å². The highest BCUT2D eigenvalue weighted by Gasteiger charge is 2.36. The summed E-state index contributed by atoms with van der Waals surface area (Å²) >= 11 is 0. The van der Waals surface area contributed by atoms with Crippen molar-refractivity contribution < 1.29 is 4.57 Å². The maximum Gasteiger partial charge on any atom is 0.172 e. The summed E-state index contributed by atoms with van der Waals surface area (Å²) in [5.41, 5.74) is 15.9. The van der Waals surface area contributed by atoms with Crippen LogP contribution in [0, 0.1) is 0 Å². The SMILES string of the molecule is O=P(c1ccccc1-c1ccc(-n2c3ccccc3c3ccccc32)cc1)(c1ccccc1-c1ccc(-n2c3ccccc3c3ccccc32)cc1)c1ccccc1-c1ccc(-n2c3ccccc3c3ccccc32)cc1. The summed E-state index contributed by atoms with van der Waals surface area (Å²) in [6.07, 6.45) is 0. The molecule has 77 heavy (non-hydrogen) atoms. The van der Waals surface area contributed by atoms with Gasteiger partial charge in [0.25, 0.3) is 0 Å². The summed E-state index contributed by atoms with van der Waals surface area (Å²) in [4.78, 5) is 0. The largest absolute Gasteiger partial charge is 0.309 e. The van der Waals surface area contributed by atoms with E-state index in [0.717, 1.165) is 99.5 Å². The van der Waals surface area contributed by atoms with Crippen molar-refractivity contribution >= 4 is 88.5 Å². The van der Waals surface area contributed by atoms with Crippen LogP contribution >= 0.6 is 7.14 Å². The van der Waals surface area contributed by atoms with Crippen molar-refractivity contribution in [2.75, 3.05) is 0 Å². The monoisotopic (exact) mass is 1000 g/mol. The van der Waals surface area contributed by atoms with Crippen LogP contribution in [0.1, 0.15) is 0 Å². The average molecular weight is 1000 g/mol. The second-order valence-electron chi connectivity index (χ2n) is 19.9. The van der Waals surface area contributed by atoms with Crippen LogP contribution in [0.25, 0.3) is 116 Å². The second-order valence-corrected chi connectivity index (χ2v) is 22.6. The fraction of sp³-hybridized carbons (Fsp3) is 0. The van der Waals surface area contributed by atoms with E-state index in [1.165, 1.54) is 32.3 Å². The van der Waals surface area contributed by atoms with Crippen molar-refractivity contribution in [1.82, 2.24) is 13.7 Å². The highest BCUT2D eigenvalue weighted by atomic mass is 31.2. The molecule has 0 atom stereocenters. The normalized spacial score (nSPS) is 11.9. The van der Waals surface area contributed by atoms with Gasteiger partial charge in [0.15, 0.2) is 7.14 Å². The summed E-state index contributed by atoms with van der Waals surface area (Å²) in [6, 6.07) is 103. The van der Waals surface area contributed by atoms with Crippen molar-refractivity contribution in [2.24, 2.45) is 0 Å². The number of benzene rings is 12. The Morgan fingerprint density at radius 3 is 0.636 bits per heavy atom. The predicted molar refractivity (Wildman–Crippen MR) is 325 cm³/mol. The Hall–Kier alpha value is -9.73. The minimum Gasteiger partial charge on any atom is -0.309 e. The molecule has 4 nitrogen and oxygen atoms in total. The van der Waals surface area contributed by atoms with Crippen LogP contribution in [0.15, 0.2) is 291 Å². The van der Waals surface area contributed by atoms with Gasteiger partial charge in [-0.1, -0.05) is 218 Å². The van der Waals surface area contributed by atoms with Gasteiger partial charge in [-0.05, 0) is 106 Å². The van der Waals surface area contributed by atoms with Gasteiger partial charge in [-0.3, -0.25) is 0 Å². The van der Waals surface area contributed by atoms with E-state index in [9.17, 15) is 0 Å². The fourth-order valence-electron chi connectivity index (χ4n) is 12.3. The number of fused-ring (bicyclic) bond motifs is 9. The van der Waals surface area contributed by atoms with Crippen LogP contribution in [-0.2, 0) is 4.57 Å². The van der Waals surface area contributed by atoms with Crippen molar-refractivity contribution in [3.63, 3.8) is 0 Å². The zero-order valence-electron chi connectivity index (χ0n) is 41.9. The van der Waals surface area contributed by atoms with Gasteiger partial charge in [0.05, 0.1) is 33.1 Å². The number of aromatic nitrogens is 3. The molecule has 3 heterocycles. The summed E-state index contributed by atoms with van der Waals surface area (Å²) in [5.74, 6) is 0. The van der Waals surface area contributed by atoms with E-state index in [-0.39, 0.29) is 0 Å². The van der Waals surface area contributed by atoms with E-state index in [0.29, 0.717) is 0 Å². The molecule has 0 spiro atoms. The molecule has 0 unspecified atom stereocenters. The number of hydrogen-bond acceptors (Lipinski definition) is 1. The topological polar surface area (TPSA) is 31.9 Å². The van der Waals surface area contributed by atoms with Crippen molar-refractivity contribution in [2.45, 2.75) is 0 Å². The third-order valence-electron chi connectivity index (χ3n) is 15.8. The zero-order valence-corrected chi connectivity index (χ0v) is 42.8. The van der Waals surface area contributed by atoms with E-state index in [4.69, 9.17) is 0 Å². The molecule has 0 radical (unpaired) electrons. The Labute approximate surface area is 446 Å². The third kappa shape index (κ3) is 7.03. The van der Waals surface area contributed by atoms with Crippen LogP contribution in [0.4, 0.5) is 0 Å². The van der Waals surface area contributed by atoms with Crippen molar-refractivity contribution in [3.8, 4) is 50.4 Å². The van der Waals surface area contributed by atoms with Gasteiger partial charge in [-0.15, -0.1) is 0 Å². The van der Waals surface area contributed by atoms with Crippen molar-refractivity contribution in [3.05, 3.63) is 291 Å². The molecule has 15 rings (SSSR count). The molecule has 0 aliphatic rings. The molecule has 0 saturated carbocycles. The average Bonchev–Trinajstić information content (AvgIpc) is 4.16. The van der Waals surface area contributed by atoms with Gasteiger partial charge in [0.2, 0.25) is 0 Å². The lowest BCUT2D eigenvalue weighted by Gasteiger charge is -2.27. The van der Waals surface area contributed by atoms with Crippen molar-refractivity contribution in [1.29, 1.82) is 0 Å². The molecule has 5 heteroatoms. The quantitative estimate of drug-likeness (QED) is 0.133. The molecule has 15 aromatic rings. The molecule has 0 aliphatic heterocycles. The Morgan fingerprint density at radius 1 is 0.208 bits per heavy atom. The minimum atomic E-state index is -3.78. The van der Waals surface area contributed by atoms with Crippen LogP contribution in [0.5, 0.6) is 0 Å². The predicted octanol–water partition coefficient (Wildman–Crippen LogP) is 17.6. The van der Waals surface area contributed by atoms with Crippen LogP contribution in [-0.4, -0.2) is 13.7 Å². The first-order valence-corrected chi connectivity index (χ1v) is 28.0. The molecule has 0 fully saturated rings. The van der Waals surface area contributed by atoms with E-state index in [2.05, 4.69) is 287 Å². The van der Waals surface area contributed by atoms with Crippen LogP contribution in [0.2, 0.25) is 0 Å². The molecule has 0 amide bonds. The standard InChI is InChI=1S/C72H48N3OP/c76-77(70-34-16-7-19-55(70)49-37-43-52(44-38-49)73-64-28-10-1-22-58(64)59-23-2-11-29-65(59)73,71-35-17-8-20-56(71)50-39-45-53(46-40-50)74-66-30-12-3-24-60(66)61-25-4-13-31-67(61)74)72-36-18-9-21-57(72)51-41-47-54(48-42-51)75-68-32-14-5-26-62(68)63-27-6-15-33-69(63)75/h1-48H. The fourth-order valence-corrected chi connectivity index (χ4v) is 15.6. The van der Waals surface area contributed by atoms with Gasteiger partial charge < -0.3 is 18.3 Å². The second kappa shape index (κ2) is 18.0. The van der Waals surface area contributed by atoms with Crippen LogP contribution < -0.4 is 15.9 Å². The molecular formula is C72H48N3OP. The Balaban J connectivity index is 0.906.